The Hall–Kier alpha value is -1.72. The Bertz CT molecular complexity index is 935. The van der Waals surface area contributed by atoms with Crippen molar-refractivity contribution in [2.45, 2.75) is 19.7 Å². The standard InChI is InChI=1S/C22H20BrCl2NO2/c1-27-21-11-17(13-26-12-15-5-3-2-4-6-15)9-18(23)22(21)28-14-16-7-8-19(24)20(25)10-16/h2-11,26H,12-14H2,1H3. The summed E-state index contributed by atoms with van der Waals surface area (Å²) >= 11 is 15.6. The predicted molar refractivity (Wildman–Crippen MR) is 118 cm³/mol. The summed E-state index contributed by atoms with van der Waals surface area (Å²) in [6.45, 7) is 1.88. The van der Waals surface area contributed by atoms with Crippen molar-refractivity contribution >= 4 is 39.1 Å². The van der Waals surface area contributed by atoms with Crippen LogP contribution < -0.4 is 14.8 Å². The van der Waals surface area contributed by atoms with E-state index < -0.39 is 0 Å². The molecule has 28 heavy (non-hydrogen) atoms. The zero-order chi connectivity index (χ0) is 19.9. The molecule has 0 spiro atoms. The second-order valence-corrected chi connectivity index (χ2v) is 7.90. The first-order chi connectivity index (χ1) is 13.6. The smallest absolute Gasteiger partial charge is 0.175 e. The number of methoxy groups -OCH3 is 1. The lowest BCUT2D eigenvalue weighted by Crippen LogP contribution is -2.12. The van der Waals surface area contributed by atoms with Crippen molar-refractivity contribution in [1.29, 1.82) is 0 Å². The van der Waals surface area contributed by atoms with Gasteiger partial charge in [0.1, 0.15) is 6.61 Å². The van der Waals surface area contributed by atoms with Crippen molar-refractivity contribution in [3.8, 4) is 11.5 Å². The number of benzene rings is 3. The quantitative estimate of drug-likeness (QED) is 0.392. The first-order valence-corrected chi connectivity index (χ1v) is 10.3. The highest BCUT2D eigenvalue weighted by molar-refractivity contribution is 9.10. The summed E-state index contributed by atoms with van der Waals surface area (Å²) in [5, 5.41) is 4.47. The van der Waals surface area contributed by atoms with Gasteiger partial charge in [0, 0.05) is 13.1 Å². The van der Waals surface area contributed by atoms with Crippen LogP contribution in [0.4, 0.5) is 0 Å². The Labute approximate surface area is 183 Å². The van der Waals surface area contributed by atoms with Crippen molar-refractivity contribution < 1.29 is 9.47 Å². The number of rotatable bonds is 8. The van der Waals surface area contributed by atoms with E-state index in [1.165, 1.54) is 5.56 Å². The maximum atomic E-state index is 6.07. The van der Waals surface area contributed by atoms with E-state index in [9.17, 15) is 0 Å². The zero-order valence-corrected chi connectivity index (χ0v) is 18.4. The lowest BCUT2D eigenvalue weighted by molar-refractivity contribution is 0.282. The van der Waals surface area contributed by atoms with Gasteiger partial charge < -0.3 is 14.8 Å². The lowest BCUT2D eigenvalue weighted by Gasteiger charge is -2.15. The first kappa shape index (κ1) is 21.0. The Morgan fingerprint density at radius 3 is 2.32 bits per heavy atom. The van der Waals surface area contributed by atoms with Gasteiger partial charge in [0.2, 0.25) is 0 Å². The van der Waals surface area contributed by atoms with Crippen molar-refractivity contribution in [1.82, 2.24) is 5.32 Å². The third-order valence-electron chi connectivity index (χ3n) is 4.16. The van der Waals surface area contributed by atoms with E-state index in [1.807, 2.05) is 36.4 Å². The molecule has 0 radical (unpaired) electrons. The Balaban J connectivity index is 1.66. The molecule has 0 amide bonds. The van der Waals surface area contributed by atoms with Gasteiger partial charge in [-0.05, 0) is 56.9 Å². The van der Waals surface area contributed by atoms with Crippen molar-refractivity contribution in [3.63, 3.8) is 0 Å². The molecule has 0 aliphatic heterocycles. The van der Waals surface area contributed by atoms with E-state index in [4.69, 9.17) is 32.7 Å². The number of halogens is 3. The van der Waals surface area contributed by atoms with Crippen LogP contribution in [0.5, 0.6) is 11.5 Å². The average molecular weight is 481 g/mol. The summed E-state index contributed by atoms with van der Waals surface area (Å²) in [5.74, 6) is 1.33. The van der Waals surface area contributed by atoms with Crippen LogP contribution in [-0.4, -0.2) is 7.11 Å². The van der Waals surface area contributed by atoms with E-state index in [1.54, 1.807) is 19.2 Å². The number of nitrogens with one attached hydrogen (secondary N) is 1. The molecule has 0 saturated heterocycles. The van der Waals surface area contributed by atoms with E-state index >= 15 is 0 Å². The van der Waals surface area contributed by atoms with Gasteiger partial charge in [0.05, 0.1) is 21.6 Å². The molecule has 0 atom stereocenters. The molecule has 6 heteroatoms. The molecule has 0 heterocycles. The molecule has 0 fully saturated rings. The minimum Gasteiger partial charge on any atom is -0.493 e. The van der Waals surface area contributed by atoms with Gasteiger partial charge in [0.25, 0.3) is 0 Å². The molecule has 0 aromatic heterocycles. The second-order valence-electron chi connectivity index (χ2n) is 6.24. The highest BCUT2D eigenvalue weighted by Crippen LogP contribution is 2.37. The fourth-order valence-electron chi connectivity index (χ4n) is 2.75. The summed E-state index contributed by atoms with van der Waals surface area (Å²) in [6, 6.07) is 19.7. The summed E-state index contributed by atoms with van der Waals surface area (Å²) < 4.78 is 12.3. The maximum Gasteiger partial charge on any atom is 0.175 e. The number of hydrogen-bond donors (Lipinski definition) is 1. The molecular weight excluding hydrogens is 461 g/mol. The minimum absolute atomic E-state index is 0.359. The van der Waals surface area contributed by atoms with Crippen LogP contribution in [0, 0.1) is 0 Å². The zero-order valence-electron chi connectivity index (χ0n) is 15.3. The first-order valence-electron chi connectivity index (χ1n) is 8.74. The molecule has 3 aromatic carbocycles. The Kier molecular flexibility index (Phi) is 7.63. The van der Waals surface area contributed by atoms with E-state index in [0.717, 1.165) is 28.7 Å². The normalized spacial score (nSPS) is 10.7. The van der Waals surface area contributed by atoms with Crippen molar-refractivity contribution in [2.24, 2.45) is 0 Å². The molecule has 3 aromatic rings. The molecule has 0 aliphatic rings. The Morgan fingerprint density at radius 1 is 0.857 bits per heavy atom. The van der Waals surface area contributed by atoms with Crippen LogP contribution in [0.1, 0.15) is 16.7 Å². The predicted octanol–water partition coefficient (Wildman–Crippen LogP) is 6.63. The van der Waals surface area contributed by atoms with Gasteiger partial charge in [0.15, 0.2) is 11.5 Å². The summed E-state index contributed by atoms with van der Waals surface area (Å²) in [6.07, 6.45) is 0. The molecule has 3 nitrogen and oxygen atoms in total. The molecule has 1 N–H and O–H groups in total. The minimum atomic E-state index is 0.359. The summed E-state index contributed by atoms with van der Waals surface area (Å²) in [4.78, 5) is 0. The van der Waals surface area contributed by atoms with Crippen LogP contribution in [0.25, 0.3) is 0 Å². The van der Waals surface area contributed by atoms with Gasteiger partial charge in [-0.25, -0.2) is 0 Å². The third kappa shape index (κ3) is 5.65. The van der Waals surface area contributed by atoms with Gasteiger partial charge in [-0.1, -0.05) is 59.6 Å². The van der Waals surface area contributed by atoms with Crippen LogP contribution in [-0.2, 0) is 19.7 Å². The molecule has 0 aliphatic carbocycles. The molecular formula is C22H20BrCl2NO2. The van der Waals surface area contributed by atoms with Crippen LogP contribution in [0.2, 0.25) is 10.0 Å². The van der Waals surface area contributed by atoms with E-state index in [0.29, 0.717) is 28.2 Å². The van der Waals surface area contributed by atoms with E-state index in [2.05, 4.69) is 33.4 Å². The van der Waals surface area contributed by atoms with Crippen molar-refractivity contribution in [2.75, 3.05) is 7.11 Å². The molecule has 0 bridgehead atoms. The molecule has 3 rings (SSSR count). The highest BCUT2D eigenvalue weighted by atomic mass is 79.9. The highest BCUT2D eigenvalue weighted by Gasteiger charge is 2.12. The third-order valence-corrected chi connectivity index (χ3v) is 5.49. The van der Waals surface area contributed by atoms with Gasteiger partial charge >= 0.3 is 0 Å². The lowest BCUT2D eigenvalue weighted by atomic mass is 10.2. The number of hydrogen-bond acceptors (Lipinski definition) is 3. The second kappa shape index (κ2) is 10.2. The molecule has 0 unspecified atom stereocenters. The van der Waals surface area contributed by atoms with Crippen LogP contribution >= 0.6 is 39.1 Å². The van der Waals surface area contributed by atoms with Gasteiger partial charge in [-0.3, -0.25) is 0 Å². The molecule has 146 valence electrons. The fourth-order valence-corrected chi connectivity index (χ4v) is 3.67. The summed E-state index contributed by atoms with van der Waals surface area (Å²) in [5.41, 5.74) is 3.27. The van der Waals surface area contributed by atoms with E-state index in [-0.39, 0.29) is 0 Å². The van der Waals surface area contributed by atoms with Crippen molar-refractivity contribution in [3.05, 3.63) is 91.9 Å². The van der Waals surface area contributed by atoms with Gasteiger partial charge in [-0.15, -0.1) is 0 Å². The summed E-state index contributed by atoms with van der Waals surface area (Å²) in [7, 11) is 1.63. The average Bonchev–Trinajstić information content (AvgIpc) is 2.70. The SMILES string of the molecule is COc1cc(CNCc2ccccc2)cc(Br)c1OCc1ccc(Cl)c(Cl)c1. The van der Waals surface area contributed by atoms with Crippen LogP contribution in [0.3, 0.4) is 0 Å². The largest absolute Gasteiger partial charge is 0.493 e. The monoisotopic (exact) mass is 479 g/mol. The van der Waals surface area contributed by atoms with Crippen LogP contribution in [0.15, 0.2) is 65.1 Å². The Morgan fingerprint density at radius 2 is 1.61 bits per heavy atom. The maximum absolute atomic E-state index is 6.07. The topological polar surface area (TPSA) is 30.5 Å². The number of ether oxygens (including phenoxy) is 2. The van der Waals surface area contributed by atoms with Gasteiger partial charge in [-0.2, -0.15) is 0 Å². The molecule has 0 saturated carbocycles. The fraction of sp³-hybridized carbons (Fsp3) is 0.182.